The van der Waals surface area contributed by atoms with Gasteiger partial charge in [-0.15, -0.1) is 0 Å². The Hall–Kier alpha value is -2.67. The van der Waals surface area contributed by atoms with Crippen molar-refractivity contribution in [3.8, 4) is 0 Å². The first-order valence-corrected chi connectivity index (χ1v) is 9.91. The third-order valence-corrected chi connectivity index (χ3v) is 5.45. The molecule has 1 atom stereocenters. The van der Waals surface area contributed by atoms with Crippen LogP contribution in [0.1, 0.15) is 32.4 Å². The van der Waals surface area contributed by atoms with E-state index < -0.39 is 5.25 Å². The molecule has 0 spiro atoms. The summed E-state index contributed by atoms with van der Waals surface area (Å²) >= 11 is 1.21. The van der Waals surface area contributed by atoms with Crippen LogP contribution in [0.25, 0.3) is 10.9 Å². The number of carbonyl (C=O) groups excluding carboxylic acids is 1. The van der Waals surface area contributed by atoms with Gasteiger partial charge >= 0.3 is 0 Å². The number of carbonyl (C=O) groups is 1. The average Bonchev–Trinajstić information content (AvgIpc) is 2.64. The lowest BCUT2D eigenvalue weighted by molar-refractivity contribution is -0.115. The molecule has 5 nitrogen and oxygen atoms in total. The number of hydrogen-bond acceptors (Lipinski definition) is 4. The maximum atomic E-state index is 13.7. The molecule has 1 heterocycles. The number of fused-ring (bicyclic) bond motifs is 1. The first kappa shape index (κ1) is 20.1. The zero-order valence-corrected chi connectivity index (χ0v) is 17.0. The summed E-state index contributed by atoms with van der Waals surface area (Å²) in [6.07, 6.45) is 0. The van der Waals surface area contributed by atoms with Crippen molar-refractivity contribution < 1.29 is 9.18 Å². The summed E-state index contributed by atoms with van der Waals surface area (Å²) in [4.78, 5) is 30.0. The fraction of sp³-hybridized carbons (Fsp3) is 0.286. The number of anilines is 1. The Morgan fingerprint density at radius 1 is 1.18 bits per heavy atom. The highest BCUT2D eigenvalue weighted by molar-refractivity contribution is 8.00. The molecule has 1 aromatic heterocycles. The van der Waals surface area contributed by atoms with Crippen LogP contribution in [0.3, 0.4) is 0 Å². The van der Waals surface area contributed by atoms with Crippen molar-refractivity contribution in [3.05, 3.63) is 64.2 Å². The standard InChI is InChI=1S/C21H22FN3O2S/c1-12(2)25-20(27)16-7-5-6-8-18(16)24-21(25)28-14(4)19(26)23-15-10-9-13(3)17(22)11-15/h5-12,14H,1-4H3,(H,23,26). The van der Waals surface area contributed by atoms with Crippen molar-refractivity contribution >= 4 is 34.3 Å². The van der Waals surface area contributed by atoms with Crippen molar-refractivity contribution in [2.75, 3.05) is 5.32 Å². The molecular formula is C21H22FN3O2S. The molecule has 0 fully saturated rings. The molecule has 7 heteroatoms. The fourth-order valence-corrected chi connectivity index (χ4v) is 3.83. The van der Waals surface area contributed by atoms with Crippen LogP contribution in [-0.4, -0.2) is 20.7 Å². The number of para-hydroxylation sites is 1. The molecule has 0 aliphatic rings. The Kier molecular flexibility index (Phi) is 5.84. The van der Waals surface area contributed by atoms with Gasteiger partial charge in [0.25, 0.3) is 5.56 Å². The Morgan fingerprint density at radius 3 is 2.57 bits per heavy atom. The largest absolute Gasteiger partial charge is 0.325 e. The quantitative estimate of drug-likeness (QED) is 0.505. The Balaban J connectivity index is 1.88. The van der Waals surface area contributed by atoms with Crippen LogP contribution in [0.5, 0.6) is 0 Å². The third-order valence-electron chi connectivity index (χ3n) is 4.38. The fourth-order valence-electron chi connectivity index (χ4n) is 2.79. The number of rotatable bonds is 5. The van der Waals surface area contributed by atoms with Crippen LogP contribution in [0.2, 0.25) is 0 Å². The minimum absolute atomic E-state index is 0.103. The normalized spacial score (nSPS) is 12.4. The van der Waals surface area contributed by atoms with E-state index in [1.165, 1.54) is 17.8 Å². The first-order valence-electron chi connectivity index (χ1n) is 9.03. The number of nitrogens with zero attached hydrogens (tertiary/aromatic N) is 2. The second kappa shape index (κ2) is 8.14. The van der Waals surface area contributed by atoms with E-state index in [1.54, 1.807) is 48.7 Å². The zero-order valence-electron chi connectivity index (χ0n) is 16.2. The van der Waals surface area contributed by atoms with Crippen LogP contribution >= 0.6 is 11.8 Å². The topological polar surface area (TPSA) is 64.0 Å². The van der Waals surface area contributed by atoms with Gasteiger partial charge in [-0.3, -0.25) is 14.2 Å². The van der Waals surface area contributed by atoms with E-state index in [1.807, 2.05) is 19.9 Å². The Bertz CT molecular complexity index is 1090. The number of benzene rings is 2. The molecule has 1 amide bonds. The lowest BCUT2D eigenvalue weighted by Gasteiger charge is -2.18. The lowest BCUT2D eigenvalue weighted by atomic mass is 10.2. The molecule has 28 heavy (non-hydrogen) atoms. The highest BCUT2D eigenvalue weighted by atomic mass is 32.2. The van der Waals surface area contributed by atoms with Crippen molar-refractivity contribution in [2.45, 2.75) is 44.1 Å². The van der Waals surface area contributed by atoms with E-state index in [2.05, 4.69) is 10.3 Å². The minimum atomic E-state index is -0.526. The van der Waals surface area contributed by atoms with Crippen LogP contribution in [0.15, 0.2) is 52.4 Å². The summed E-state index contributed by atoms with van der Waals surface area (Å²) in [5.41, 5.74) is 1.38. The monoisotopic (exact) mass is 399 g/mol. The molecule has 2 aromatic carbocycles. The summed E-state index contributed by atoms with van der Waals surface area (Å²) in [6, 6.07) is 11.6. The number of halogens is 1. The Labute approximate surface area is 167 Å². The Morgan fingerprint density at radius 2 is 1.89 bits per heavy atom. The van der Waals surface area contributed by atoms with Gasteiger partial charge in [-0.2, -0.15) is 0 Å². The van der Waals surface area contributed by atoms with Gasteiger partial charge in [-0.05, 0) is 57.5 Å². The number of aryl methyl sites for hydroxylation is 1. The van der Waals surface area contributed by atoms with E-state index in [9.17, 15) is 14.0 Å². The molecule has 3 aromatic rings. The predicted octanol–water partition coefficient (Wildman–Crippen LogP) is 4.54. The molecule has 1 unspecified atom stereocenters. The molecule has 146 valence electrons. The summed E-state index contributed by atoms with van der Waals surface area (Å²) in [5, 5.41) is 3.22. The summed E-state index contributed by atoms with van der Waals surface area (Å²) < 4.78 is 15.3. The van der Waals surface area contributed by atoms with Gasteiger partial charge in [0.1, 0.15) is 5.82 Å². The molecular weight excluding hydrogens is 377 g/mol. The molecule has 0 bridgehead atoms. The van der Waals surface area contributed by atoms with Gasteiger partial charge in [-0.25, -0.2) is 9.37 Å². The van der Waals surface area contributed by atoms with Gasteiger partial charge in [0, 0.05) is 11.7 Å². The maximum Gasteiger partial charge on any atom is 0.262 e. The molecule has 0 saturated carbocycles. The van der Waals surface area contributed by atoms with Crippen molar-refractivity contribution in [3.63, 3.8) is 0 Å². The van der Waals surface area contributed by atoms with Crippen LogP contribution in [0.4, 0.5) is 10.1 Å². The number of aromatic nitrogens is 2. The molecule has 0 saturated heterocycles. The van der Waals surface area contributed by atoms with Crippen molar-refractivity contribution in [1.82, 2.24) is 9.55 Å². The highest BCUT2D eigenvalue weighted by Crippen LogP contribution is 2.26. The van der Waals surface area contributed by atoms with Gasteiger partial charge in [0.2, 0.25) is 5.91 Å². The van der Waals surface area contributed by atoms with E-state index in [0.717, 1.165) is 0 Å². The number of hydrogen-bond donors (Lipinski definition) is 1. The predicted molar refractivity (Wildman–Crippen MR) is 111 cm³/mol. The van der Waals surface area contributed by atoms with E-state index in [0.29, 0.717) is 27.3 Å². The summed E-state index contributed by atoms with van der Waals surface area (Å²) in [5.74, 6) is -0.658. The lowest BCUT2D eigenvalue weighted by Crippen LogP contribution is -2.28. The van der Waals surface area contributed by atoms with Crippen LogP contribution in [0, 0.1) is 12.7 Å². The van der Waals surface area contributed by atoms with Gasteiger partial charge in [0.05, 0.1) is 16.2 Å². The molecule has 0 aliphatic carbocycles. The maximum absolute atomic E-state index is 13.7. The van der Waals surface area contributed by atoms with Gasteiger partial charge < -0.3 is 5.32 Å². The minimum Gasteiger partial charge on any atom is -0.325 e. The summed E-state index contributed by atoms with van der Waals surface area (Å²) in [7, 11) is 0. The SMILES string of the molecule is Cc1ccc(NC(=O)C(C)Sc2nc3ccccc3c(=O)n2C(C)C)cc1F. The smallest absolute Gasteiger partial charge is 0.262 e. The third kappa shape index (κ3) is 4.09. The van der Waals surface area contributed by atoms with E-state index >= 15 is 0 Å². The second-order valence-electron chi connectivity index (χ2n) is 6.89. The average molecular weight is 399 g/mol. The van der Waals surface area contributed by atoms with E-state index in [4.69, 9.17) is 0 Å². The molecule has 1 N–H and O–H groups in total. The van der Waals surface area contributed by atoms with E-state index in [-0.39, 0.29) is 23.3 Å². The second-order valence-corrected chi connectivity index (χ2v) is 8.20. The van der Waals surface area contributed by atoms with Gasteiger partial charge in [0.15, 0.2) is 5.16 Å². The number of nitrogens with one attached hydrogen (secondary N) is 1. The van der Waals surface area contributed by atoms with Crippen molar-refractivity contribution in [1.29, 1.82) is 0 Å². The molecule has 3 rings (SSSR count). The molecule has 0 aliphatic heterocycles. The first-order chi connectivity index (χ1) is 13.3. The number of amides is 1. The summed E-state index contributed by atoms with van der Waals surface area (Å²) in [6.45, 7) is 7.20. The zero-order chi connectivity index (χ0) is 20.4. The van der Waals surface area contributed by atoms with Gasteiger partial charge in [-0.1, -0.05) is 30.0 Å². The van der Waals surface area contributed by atoms with Crippen LogP contribution in [-0.2, 0) is 4.79 Å². The molecule has 0 radical (unpaired) electrons. The number of thioether (sulfide) groups is 1. The van der Waals surface area contributed by atoms with Crippen LogP contribution < -0.4 is 10.9 Å². The van der Waals surface area contributed by atoms with Crippen molar-refractivity contribution in [2.24, 2.45) is 0 Å². The highest BCUT2D eigenvalue weighted by Gasteiger charge is 2.21.